The van der Waals surface area contributed by atoms with Gasteiger partial charge in [0.25, 0.3) is 5.91 Å². The number of likely N-dealkylation sites (tertiary alicyclic amines) is 1. The molecule has 8 nitrogen and oxygen atoms in total. The van der Waals surface area contributed by atoms with Gasteiger partial charge < -0.3 is 20.0 Å². The molecule has 0 unspecified atom stereocenters. The van der Waals surface area contributed by atoms with Gasteiger partial charge in [0.1, 0.15) is 0 Å². The fourth-order valence-electron chi connectivity index (χ4n) is 4.37. The molecule has 0 spiro atoms. The van der Waals surface area contributed by atoms with Crippen LogP contribution >= 0.6 is 0 Å². The van der Waals surface area contributed by atoms with E-state index >= 15 is 0 Å². The normalized spacial score (nSPS) is 23.7. The number of hydrogen-bond donors (Lipinski definition) is 2. The van der Waals surface area contributed by atoms with Crippen molar-refractivity contribution in [3.05, 3.63) is 35.4 Å². The van der Waals surface area contributed by atoms with Crippen LogP contribution in [0.2, 0.25) is 0 Å². The molecular formula is C21H29N3O5. The monoisotopic (exact) mass is 403 g/mol. The van der Waals surface area contributed by atoms with Gasteiger partial charge in [0, 0.05) is 57.3 Å². The molecule has 1 aromatic carbocycles. The van der Waals surface area contributed by atoms with Gasteiger partial charge in [0.2, 0.25) is 0 Å². The number of piperidine rings is 1. The van der Waals surface area contributed by atoms with Gasteiger partial charge in [-0.2, -0.15) is 0 Å². The lowest BCUT2D eigenvalue weighted by atomic mass is 9.86. The van der Waals surface area contributed by atoms with Crippen molar-refractivity contribution in [1.29, 1.82) is 0 Å². The maximum Gasteiger partial charge on any atom is 0.335 e. The van der Waals surface area contributed by atoms with E-state index in [0.29, 0.717) is 31.1 Å². The maximum atomic E-state index is 12.9. The minimum absolute atomic E-state index is 0.101. The van der Waals surface area contributed by atoms with Gasteiger partial charge in [-0.1, -0.05) is 0 Å². The Balaban J connectivity index is 1.69. The van der Waals surface area contributed by atoms with Crippen molar-refractivity contribution in [2.24, 2.45) is 5.92 Å². The second kappa shape index (κ2) is 9.37. The van der Waals surface area contributed by atoms with Crippen LogP contribution in [0.1, 0.15) is 40.0 Å². The number of nitrogens with zero attached hydrogens (tertiary/aromatic N) is 3. The highest BCUT2D eigenvalue weighted by molar-refractivity contribution is 5.96. The molecule has 0 radical (unpaired) electrons. The van der Waals surface area contributed by atoms with E-state index in [1.165, 1.54) is 12.1 Å². The molecule has 1 amide bonds. The lowest BCUT2D eigenvalue weighted by molar-refractivity contribution is -0.137. The molecule has 158 valence electrons. The van der Waals surface area contributed by atoms with Gasteiger partial charge in [-0.15, -0.1) is 0 Å². The van der Waals surface area contributed by atoms with Gasteiger partial charge in [-0.3, -0.25) is 14.5 Å². The number of carbonyl (C=O) groups excluding carboxylic acids is 1. The van der Waals surface area contributed by atoms with Gasteiger partial charge in [-0.05, 0) is 50.1 Å². The Morgan fingerprint density at radius 2 is 1.59 bits per heavy atom. The topological polar surface area (TPSA) is 101 Å². The average molecular weight is 403 g/mol. The molecule has 3 rings (SSSR count). The molecule has 0 bridgehead atoms. The molecule has 2 N–H and O–H groups in total. The highest BCUT2D eigenvalue weighted by Gasteiger charge is 2.36. The van der Waals surface area contributed by atoms with E-state index in [9.17, 15) is 14.4 Å². The van der Waals surface area contributed by atoms with Crippen LogP contribution in [-0.4, -0.2) is 95.1 Å². The first-order chi connectivity index (χ1) is 13.8. The summed E-state index contributed by atoms with van der Waals surface area (Å²) in [7, 11) is 2.11. The number of carboxylic acids is 2. The molecule has 2 aliphatic heterocycles. The predicted molar refractivity (Wildman–Crippen MR) is 107 cm³/mol. The first-order valence-corrected chi connectivity index (χ1v) is 10.1. The molecule has 2 saturated heterocycles. The van der Waals surface area contributed by atoms with Crippen molar-refractivity contribution in [3.63, 3.8) is 0 Å². The largest absolute Gasteiger partial charge is 0.481 e. The SMILES string of the molecule is CN1CCN([C@@H]2CCN(C(=O)c3ccc(C(=O)O)cc3)C[C@@H]2CCC(=O)O)CC1. The zero-order valence-electron chi connectivity index (χ0n) is 16.8. The Hall–Kier alpha value is -2.45. The van der Waals surface area contributed by atoms with Crippen molar-refractivity contribution < 1.29 is 24.6 Å². The van der Waals surface area contributed by atoms with Crippen LogP contribution in [0.5, 0.6) is 0 Å². The molecule has 29 heavy (non-hydrogen) atoms. The number of piperazine rings is 1. The fourth-order valence-corrected chi connectivity index (χ4v) is 4.37. The van der Waals surface area contributed by atoms with Gasteiger partial charge in [-0.25, -0.2) is 4.79 Å². The average Bonchev–Trinajstić information content (AvgIpc) is 2.72. The summed E-state index contributed by atoms with van der Waals surface area (Å²) in [5.41, 5.74) is 0.611. The number of rotatable bonds is 6. The summed E-state index contributed by atoms with van der Waals surface area (Å²) in [6.45, 7) is 5.09. The number of likely N-dealkylation sites (N-methyl/N-ethyl adjacent to an activating group) is 1. The summed E-state index contributed by atoms with van der Waals surface area (Å²) in [5, 5.41) is 18.2. The van der Waals surface area contributed by atoms with Crippen LogP contribution in [0.4, 0.5) is 0 Å². The van der Waals surface area contributed by atoms with E-state index in [2.05, 4.69) is 16.8 Å². The number of amides is 1. The van der Waals surface area contributed by atoms with E-state index in [0.717, 1.165) is 32.6 Å². The number of aliphatic carboxylic acids is 1. The summed E-state index contributed by atoms with van der Waals surface area (Å²) in [6, 6.07) is 6.26. The van der Waals surface area contributed by atoms with Crippen LogP contribution in [-0.2, 0) is 4.79 Å². The molecule has 8 heteroatoms. The minimum atomic E-state index is -1.02. The van der Waals surface area contributed by atoms with Crippen molar-refractivity contribution >= 4 is 17.8 Å². The third-order valence-electron chi connectivity index (χ3n) is 6.10. The van der Waals surface area contributed by atoms with E-state index in [1.807, 2.05) is 0 Å². The third-order valence-corrected chi connectivity index (χ3v) is 6.10. The molecule has 2 fully saturated rings. The second-order valence-corrected chi connectivity index (χ2v) is 8.02. The van der Waals surface area contributed by atoms with Crippen LogP contribution in [0.25, 0.3) is 0 Å². The summed E-state index contributed by atoms with van der Waals surface area (Å²) in [5.74, 6) is -1.84. The third kappa shape index (κ3) is 5.33. The summed E-state index contributed by atoms with van der Waals surface area (Å²) in [4.78, 5) is 41.6. The maximum absolute atomic E-state index is 12.9. The number of benzene rings is 1. The zero-order chi connectivity index (χ0) is 21.0. The Morgan fingerprint density at radius 3 is 2.17 bits per heavy atom. The summed E-state index contributed by atoms with van der Waals surface area (Å²) in [6.07, 6.45) is 1.48. The van der Waals surface area contributed by atoms with Gasteiger partial charge in [0.05, 0.1) is 5.56 Å². The van der Waals surface area contributed by atoms with Gasteiger partial charge >= 0.3 is 11.9 Å². The van der Waals surface area contributed by atoms with E-state index in [-0.39, 0.29) is 23.8 Å². The van der Waals surface area contributed by atoms with Crippen molar-refractivity contribution in [3.8, 4) is 0 Å². The van der Waals surface area contributed by atoms with Crippen molar-refractivity contribution in [2.75, 3.05) is 46.3 Å². The summed E-state index contributed by atoms with van der Waals surface area (Å²) >= 11 is 0. The van der Waals surface area contributed by atoms with E-state index in [1.54, 1.807) is 17.0 Å². The van der Waals surface area contributed by atoms with E-state index in [4.69, 9.17) is 10.2 Å². The number of aromatic carboxylic acids is 1. The Labute approximate surface area is 170 Å². The van der Waals surface area contributed by atoms with Crippen LogP contribution in [0, 0.1) is 5.92 Å². The van der Waals surface area contributed by atoms with Crippen LogP contribution < -0.4 is 0 Å². The van der Waals surface area contributed by atoms with Crippen LogP contribution in [0.15, 0.2) is 24.3 Å². The lowest BCUT2D eigenvalue weighted by Gasteiger charge is -2.46. The Kier molecular flexibility index (Phi) is 6.87. The molecular weight excluding hydrogens is 374 g/mol. The molecule has 0 saturated carbocycles. The highest BCUT2D eigenvalue weighted by atomic mass is 16.4. The fraction of sp³-hybridized carbons (Fsp3) is 0.571. The van der Waals surface area contributed by atoms with Crippen molar-refractivity contribution in [1.82, 2.24) is 14.7 Å². The molecule has 2 heterocycles. The molecule has 2 aliphatic rings. The number of hydrogen-bond acceptors (Lipinski definition) is 5. The molecule has 1 aromatic rings. The number of carbonyl (C=O) groups is 3. The van der Waals surface area contributed by atoms with Gasteiger partial charge in [0.15, 0.2) is 0 Å². The highest BCUT2D eigenvalue weighted by Crippen LogP contribution is 2.28. The molecule has 0 aromatic heterocycles. The first kappa shape index (κ1) is 21.3. The number of carboxylic acid groups (broad SMARTS) is 2. The Morgan fingerprint density at radius 1 is 0.966 bits per heavy atom. The molecule has 2 atom stereocenters. The smallest absolute Gasteiger partial charge is 0.335 e. The van der Waals surface area contributed by atoms with E-state index < -0.39 is 11.9 Å². The van der Waals surface area contributed by atoms with Crippen LogP contribution in [0.3, 0.4) is 0 Å². The predicted octanol–water partition coefficient (Wildman–Crippen LogP) is 1.33. The lowest BCUT2D eigenvalue weighted by Crippen LogP contribution is -2.57. The second-order valence-electron chi connectivity index (χ2n) is 8.02. The molecule has 0 aliphatic carbocycles. The quantitative estimate of drug-likeness (QED) is 0.739. The van der Waals surface area contributed by atoms with Crippen molar-refractivity contribution in [2.45, 2.75) is 25.3 Å². The minimum Gasteiger partial charge on any atom is -0.481 e. The zero-order valence-corrected chi connectivity index (χ0v) is 16.8. The summed E-state index contributed by atoms with van der Waals surface area (Å²) < 4.78 is 0. The first-order valence-electron chi connectivity index (χ1n) is 10.1. The standard InChI is InChI=1S/C21H29N3O5/c1-22-10-12-23(13-11-22)18-8-9-24(14-17(18)6-7-19(25)26)20(27)15-2-4-16(5-3-15)21(28)29/h2-5,17-18H,6-14H2,1H3,(H,25,26)(H,28,29)/t17-,18+/m0/s1. The Bertz CT molecular complexity index is 743.